The summed E-state index contributed by atoms with van der Waals surface area (Å²) < 4.78 is 11.3. The van der Waals surface area contributed by atoms with Gasteiger partial charge in [0.2, 0.25) is 0 Å². The number of carbonyl (C=O) groups excluding carboxylic acids is 3. The normalized spacial score (nSPS) is 33.1. The second kappa shape index (κ2) is 10.1. The molecule has 0 bridgehead atoms. The lowest BCUT2D eigenvalue weighted by atomic mass is 9.57. The highest BCUT2D eigenvalue weighted by atomic mass is 16.6. The molecule has 182 valence electrons. The van der Waals surface area contributed by atoms with E-state index < -0.39 is 5.97 Å². The van der Waals surface area contributed by atoms with E-state index in [1.165, 1.54) is 11.1 Å². The van der Waals surface area contributed by atoms with Gasteiger partial charge in [-0.25, -0.2) is 4.79 Å². The topological polar surface area (TPSA) is 69.7 Å². The van der Waals surface area contributed by atoms with Gasteiger partial charge in [0.1, 0.15) is 6.10 Å². The maximum absolute atomic E-state index is 12.7. The predicted octanol–water partition coefficient (Wildman–Crippen LogP) is 5.86. The Bertz CT molecular complexity index is 852. The Labute approximate surface area is 198 Å². The summed E-state index contributed by atoms with van der Waals surface area (Å²) in [4.78, 5) is 36.5. The minimum Gasteiger partial charge on any atom is -0.459 e. The number of carbonyl (C=O) groups is 3. The van der Waals surface area contributed by atoms with Crippen molar-refractivity contribution in [3.63, 3.8) is 0 Å². The third-order valence-corrected chi connectivity index (χ3v) is 8.92. The Hall–Kier alpha value is -1.91. The van der Waals surface area contributed by atoms with Crippen molar-refractivity contribution in [3.8, 4) is 0 Å². The smallest absolute Gasteiger partial charge is 0.344 e. The van der Waals surface area contributed by atoms with E-state index in [9.17, 15) is 14.4 Å². The summed E-state index contributed by atoms with van der Waals surface area (Å²) in [5, 5.41) is 0. The van der Waals surface area contributed by atoms with Crippen LogP contribution in [0.2, 0.25) is 0 Å². The van der Waals surface area contributed by atoms with Crippen LogP contribution in [-0.2, 0) is 23.9 Å². The van der Waals surface area contributed by atoms with Crippen LogP contribution in [0, 0.1) is 23.2 Å². The zero-order valence-electron chi connectivity index (χ0n) is 20.6. The summed E-state index contributed by atoms with van der Waals surface area (Å²) in [7, 11) is 0. The molecule has 0 radical (unpaired) electrons. The van der Waals surface area contributed by atoms with E-state index in [0.717, 1.165) is 64.2 Å². The first kappa shape index (κ1) is 24.2. The highest BCUT2D eigenvalue weighted by molar-refractivity contribution is 5.93. The largest absolute Gasteiger partial charge is 0.459 e. The molecule has 0 spiro atoms. The average Bonchev–Trinajstić information content (AvgIpc) is 3.09. The van der Waals surface area contributed by atoms with Gasteiger partial charge in [-0.05, 0) is 86.3 Å². The zero-order chi connectivity index (χ0) is 23.6. The van der Waals surface area contributed by atoms with E-state index in [1.54, 1.807) is 5.57 Å². The first-order valence-electron chi connectivity index (χ1n) is 13.2. The fourth-order valence-electron chi connectivity index (χ4n) is 7.18. The van der Waals surface area contributed by atoms with Gasteiger partial charge in [-0.15, -0.1) is 0 Å². The van der Waals surface area contributed by atoms with E-state index in [1.807, 2.05) is 6.08 Å². The van der Waals surface area contributed by atoms with Crippen LogP contribution in [0.5, 0.6) is 0 Å². The van der Waals surface area contributed by atoms with E-state index in [-0.39, 0.29) is 29.9 Å². The number of fused-ring (bicyclic) bond motifs is 4. The molecule has 0 aromatic heterocycles. The highest BCUT2D eigenvalue weighted by Crippen LogP contribution is 2.62. The molecule has 0 aromatic rings. The van der Waals surface area contributed by atoms with Crippen LogP contribution in [0.3, 0.4) is 0 Å². The van der Waals surface area contributed by atoms with Gasteiger partial charge in [-0.2, -0.15) is 0 Å². The van der Waals surface area contributed by atoms with Gasteiger partial charge in [0.15, 0.2) is 12.4 Å². The molecule has 0 aromatic carbocycles. The number of hydrogen-bond donors (Lipinski definition) is 0. The second-order valence-electron chi connectivity index (χ2n) is 10.8. The van der Waals surface area contributed by atoms with Gasteiger partial charge in [0.05, 0.1) is 0 Å². The van der Waals surface area contributed by atoms with Crippen molar-refractivity contribution in [3.05, 3.63) is 22.8 Å². The number of ether oxygens (including phenoxy) is 2. The molecule has 5 heteroatoms. The number of allylic oxidation sites excluding steroid dienone is 4. The molecule has 5 nitrogen and oxygen atoms in total. The first-order valence-corrected chi connectivity index (χ1v) is 13.2. The van der Waals surface area contributed by atoms with Gasteiger partial charge in [-0.1, -0.05) is 39.2 Å². The van der Waals surface area contributed by atoms with Crippen LogP contribution < -0.4 is 0 Å². The minimum atomic E-state index is -0.409. The summed E-state index contributed by atoms with van der Waals surface area (Å²) >= 11 is 0. The predicted molar refractivity (Wildman–Crippen MR) is 126 cm³/mol. The molecule has 0 unspecified atom stereocenters. The summed E-state index contributed by atoms with van der Waals surface area (Å²) in [5.74, 6) is 0.948. The molecule has 4 aliphatic rings. The van der Waals surface area contributed by atoms with Gasteiger partial charge in [-0.3, -0.25) is 9.59 Å². The lowest BCUT2D eigenvalue weighted by molar-refractivity contribution is -0.169. The van der Waals surface area contributed by atoms with Crippen molar-refractivity contribution in [2.45, 2.75) is 104 Å². The second-order valence-corrected chi connectivity index (χ2v) is 10.8. The standard InChI is InChI=1S/C28H40O5/c1-4-6-7-8-25(30)32-17-26(31)33-27-18(5-2)16-24-23-11-9-19-15-20(29)10-12-21(19)22(23)13-14-28(24,27)3/h15,18,23-24,27H,4-14,16-17H2,1-3H3/t18-,23+,24-,27-,28-/m0/s1. The maximum Gasteiger partial charge on any atom is 0.344 e. The summed E-state index contributed by atoms with van der Waals surface area (Å²) in [6, 6.07) is 0. The molecular weight excluding hydrogens is 416 g/mol. The maximum atomic E-state index is 12.7. The van der Waals surface area contributed by atoms with E-state index in [0.29, 0.717) is 30.6 Å². The fraction of sp³-hybridized carbons (Fsp3) is 0.750. The highest BCUT2D eigenvalue weighted by Gasteiger charge is 2.58. The molecular formula is C28H40O5. The molecule has 2 fully saturated rings. The molecule has 0 heterocycles. The quantitative estimate of drug-likeness (QED) is 0.338. The third-order valence-electron chi connectivity index (χ3n) is 8.92. The Morgan fingerprint density at radius 3 is 2.67 bits per heavy atom. The Kier molecular flexibility index (Phi) is 7.45. The summed E-state index contributed by atoms with van der Waals surface area (Å²) in [6.07, 6.45) is 12.7. The van der Waals surface area contributed by atoms with Crippen LogP contribution in [0.15, 0.2) is 22.8 Å². The van der Waals surface area contributed by atoms with Crippen molar-refractivity contribution in [1.29, 1.82) is 0 Å². The van der Waals surface area contributed by atoms with Gasteiger partial charge in [0.25, 0.3) is 0 Å². The Morgan fingerprint density at radius 1 is 1.09 bits per heavy atom. The lowest BCUT2D eigenvalue weighted by Crippen LogP contribution is -2.44. The monoisotopic (exact) mass is 456 g/mol. The minimum absolute atomic E-state index is 0.0398. The lowest BCUT2D eigenvalue weighted by Gasteiger charge is -2.48. The van der Waals surface area contributed by atoms with Gasteiger partial charge >= 0.3 is 11.9 Å². The van der Waals surface area contributed by atoms with Crippen molar-refractivity contribution in [2.24, 2.45) is 23.2 Å². The zero-order valence-corrected chi connectivity index (χ0v) is 20.6. The van der Waals surface area contributed by atoms with Crippen molar-refractivity contribution < 1.29 is 23.9 Å². The molecule has 4 rings (SSSR count). The molecule has 0 saturated heterocycles. The fourth-order valence-corrected chi connectivity index (χ4v) is 7.18. The number of rotatable bonds is 8. The van der Waals surface area contributed by atoms with Crippen molar-refractivity contribution in [1.82, 2.24) is 0 Å². The SMILES string of the molecule is CCCCCC(=O)OCC(=O)O[C@H]1[C@@H](CC)C[C@H]2[C@@H]3CCC4=CC(=O)CCC4=C3CC[C@@]21C. The molecule has 0 amide bonds. The number of hydrogen-bond acceptors (Lipinski definition) is 5. The Morgan fingerprint density at radius 2 is 1.91 bits per heavy atom. The van der Waals surface area contributed by atoms with Crippen LogP contribution in [0.25, 0.3) is 0 Å². The van der Waals surface area contributed by atoms with Gasteiger partial charge in [0, 0.05) is 18.3 Å². The molecule has 33 heavy (non-hydrogen) atoms. The molecule has 5 atom stereocenters. The van der Waals surface area contributed by atoms with Gasteiger partial charge < -0.3 is 9.47 Å². The van der Waals surface area contributed by atoms with Crippen molar-refractivity contribution >= 4 is 17.7 Å². The molecule has 2 saturated carbocycles. The first-order chi connectivity index (χ1) is 15.9. The van der Waals surface area contributed by atoms with E-state index in [2.05, 4.69) is 20.8 Å². The third kappa shape index (κ3) is 4.83. The molecule has 4 aliphatic carbocycles. The Balaban J connectivity index is 1.44. The van der Waals surface area contributed by atoms with Crippen LogP contribution in [-0.4, -0.2) is 30.4 Å². The summed E-state index contributed by atoms with van der Waals surface area (Å²) in [6.45, 7) is 6.32. The van der Waals surface area contributed by atoms with Crippen LogP contribution >= 0.6 is 0 Å². The van der Waals surface area contributed by atoms with Crippen molar-refractivity contribution in [2.75, 3.05) is 6.61 Å². The van der Waals surface area contributed by atoms with E-state index in [4.69, 9.17) is 9.47 Å². The summed E-state index contributed by atoms with van der Waals surface area (Å²) in [5.41, 5.74) is 4.30. The molecule has 0 aliphatic heterocycles. The van der Waals surface area contributed by atoms with Crippen LogP contribution in [0.4, 0.5) is 0 Å². The number of esters is 2. The number of ketones is 1. The van der Waals surface area contributed by atoms with Crippen LogP contribution in [0.1, 0.15) is 97.8 Å². The average molecular weight is 457 g/mol. The van der Waals surface area contributed by atoms with E-state index >= 15 is 0 Å². The molecule has 0 N–H and O–H groups in total. The number of unbranched alkanes of at least 4 members (excludes halogenated alkanes) is 2.